The summed E-state index contributed by atoms with van der Waals surface area (Å²) in [6.45, 7) is -0.347. The summed E-state index contributed by atoms with van der Waals surface area (Å²) in [5.41, 5.74) is 0. The van der Waals surface area contributed by atoms with Gasteiger partial charge in [0.25, 0.3) is 0 Å². The molecular formula is C7H9N2O2+. The first-order chi connectivity index (χ1) is 5.34. The molecule has 0 saturated carbocycles. The number of nitrogens with one attached hydrogen (secondary N) is 1. The summed E-state index contributed by atoms with van der Waals surface area (Å²) < 4.78 is 1.34. The van der Waals surface area contributed by atoms with Crippen LogP contribution in [0, 0.1) is 0 Å². The quantitative estimate of drug-likeness (QED) is 0.421. The van der Waals surface area contributed by atoms with E-state index in [1.54, 1.807) is 24.5 Å². The molecule has 2 N–H and O–H groups in total. The van der Waals surface area contributed by atoms with Gasteiger partial charge < -0.3 is 5.11 Å². The molecule has 11 heavy (non-hydrogen) atoms. The second-order valence-corrected chi connectivity index (χ2v) is 1.92. The van der Waals surface area contributed by atoms with E-state index in [1.165, 1.54) is 4.57 Å². The predicted octanol–water partition coefficient (Wildman–Crippen LogP) is -0.518. The zero-order valence-electron chi connectivity index (χ0n) is 5.90. The molecule has 1 heterocycles. The van der Waals surface area contributed by atoms with Gasteiger partial charge in [0.15, 0.2) is 6.73 Å². The number of carbonyl (C=O) groups is 1. The lowest BCUT2D eigenvalue weighted by molar-refractivity contribution is -0.572. The molecule has 1 amide bonds. The Morgan fingerprint density at radius 1 is 1.36 bits per heavy atom. The molecule has 1 aromatic heterocycles. The van der Waals surface area contributed by atoms with Gasteiger partial charge in [-0.1, -0.05) is 6.07 Å². The summed E-state index contributed by atoms with van der Waals surface area (Å²) in [6, 6.07) is 4.93. The number of hydrogen-bond acceptors (Lipinski definition) is 2. The fourth-order valence-electron chi connectivity index (χ4n) is 0.693. The van der Waals surface area contributed by atoms with Gasteiger partial charge in [0.2, 0.25) is 0 Å². The number of carbonyl (C=O) groups excluding carboxylic acids is 1. The fraction of sp³-hybridized carbons (Fsp3) is 0.143. The van der Waals surface area contributed by atoms with Gasteiger partial charge in [-0.2, -0.15) is 9.36 Å². The number of rotatable bonds is 1. The van der Waals surface area contributed by atoms with E-state index in [9.17, 15) is 4.79 Å². The van der Waals surface area contributed by atoms with Gasteiger partial charge in [0.05, 0.1) is 12.4 Å². The number of hydrogen-bond donors (Lipinski definition) is 2. The zero-order chi connectivity index (χ0) is 8.10. The first-order valence-corrected chi connectivity index (χ1v) is 3.20. The van der Waals surface area contributed by atoms with Gasteiger partial charge >= 0.3 is 6.03 Å². The molecule has 0 aliphatic heterocycles. The van der Waals surface area contributed by atoms with Crippen molar-refractivity contribution in [1.29, 1.82) is 0 Å². The van der Waals surface area contributed by atoms with Crippen LogP contribution in [0.4, 0.5) is 4.79 Å². The van der Waals surface area contributed by atoms with Crippen molar-refractivity contribution in [2.45, 2.75) is 0 Å². The first-order valence-electron chi connectivity index (χ1n) is 3.20. The molecule has 0 spiro atoms. The molecule has 0 saturated heterocycles. The van der Waals surface area contributed by atoms with E-state index < -0.39 is 0 Å². The molecule has 4 nitrogen and oxygen atoms in total. The normalized spacial score (nSPS) is 9.18. The zero-order valence-corrected chi connectivity index (χ0v) is 5.90. The highest BCUT2D eigenvalue weighted by Crippen LogP contribution is 1.75. The van der Waals surface area contributed by atoms with Gasteiger partial charge in [-0.15, -0.1) is 0 Å². The molecule has 58 valence electrons. The summed E-state index contributed by atoms with van der Waals surface area (Å²) in [5.74, 6) is 0. The molecule has 0 atom stereocenters. The van der Waals surface area contributed by atoms with Crippen LogP contribution in [-0.4, -0.2) is 17.9 Å². The van der Waals surface area contributed by atoms with E-state index in [2.05, 4.69) is 5.32 Å². The Hall–Kier alpha value is -1.42. The van der Waals surface area contributed by atoms with Crippen LogP contribution >= 0.6 is 0 Å². The van der Waals surface area contributed by atoms with E-state index in [1.807, 2.05) is 6.07 Å². The second-order valence-electron chi connectivity index (χ2n) is 1.92. The SMILES string of the molecule is O=C(NCO)[n+]1ccccc1. The van der Waals surface area contributed by atoms with E-state index in [4.69, 9.17) is 5.11 Å². The van der Waals surface area contributed by atoms with Crippen molar-refractivity contribution in [1.82, 2.24) is 5.32 Å². The van der Waals surface area contributed by atoms with Crippen LogP contribution in [0.2, 0.25) is 0 Å². The third-order valence-corrected chi connectivity index (χ3v) is 1.18. The van der Waals surface area contributed by atoms with Crippen LogP contribution < -0.4 is 9.88 Å². The van der Waals surface area contributed by atoms with Crippen LogP contribution in [0.1, 0.15) is 0 Å². The number of aliphatic hydroxyl groups is 1. The largest absolute Gasteiger partial charge is 0.497 e. The highest BCUT2D eigenvalue weighted by atomic mass is 16.3. The Balaban J connectivity index is 2.69. The Morgan fingerprint density at radius 2 is 2.00 bits per heavy atom. The molecule has 0 unspecified atom stereocenters. The van der Waals surface area contributed by atoms with Crippen molar-refractivity contribution in [3.63, 3.8) is 0 Å². The molecule has 0 aliphatic carbocycles. The number of pyridine rings is 1. The highest BCUT2D eigenvalue weighted by Gasteiger charge is 2.08. The maximum atomic E-state index is 10.9. The topological polar surface area (TPSA) is 53.2 Å². The minimum absolute atomic E-state index is 0.340. The number of aliphatic hydroxyl groups excluding tert-OH is 1. The monoisotopic (exact) mass is 153 g/mol. The Bertz CT molecular complexity index is 235. The summed E-state index contributed by atoms with van der Waals surface area (Å²) in [5, 5.41) is 10.6. The third kappa shape index (κ3) is 2.01. The Labute approximate surface area is 64.1 Å². The van der Waals surface area contributed by atoms with Crippen molar-refractivity contribution in [3.8, 4) is 0 Å². The van der Waals surface area contributed by atoms with Crippen molar-refractivity contribution >= 4 is 6.03 Å². The summed E-state index contributed by atoms with van der Waals surface area (Å²) in [7, 11) is 0. The molecule has 0 aromatic carbocycles. The van der Waals surface area contributed by atoms with E-state index in [-0.39, 0.29) is 12.8 Å². The molecule has 0 bridgehead atoms. The van der Waals surface area contributed by atoms with Crippen LogP contribution in [0.5, 0.6) is 0 Å². The average molecular weight is 153 g/mol. The van der Waals surface area contributed by atoms with Gasteiger partial charge in [-0.05, 0) is 12.1 Å². The summed E-state index contributed by atoms with van der Waals surface area (Å²) in [6.07, 6.45) is 3.20. The van der Waals surface area contributed by atoms with Gasteiger partial charge in [-0.25, -0.2) is 5.32 Å². The summed E-state index contributed by atoms with van der Waals surface area (Å²) >= 11 is 0. The second kappa shape index (κ2) is 3.68. The van der Waals surface area contributed by atoms with Crippen molar-refractivity contribution in [2.75, 3.05) is 6.73 Å². The maximum Gasteiger partial charge on any atom is 0.497 e. The minimum Gasteiger partial charge on any atom is -0.358 e. The summed E-state index contributed by atoms with van der Waals surface area (Å²) in [4.78, 5) is 10.9. The van der Waals surface area contributed by atoms with E-state index in [0.717, 1.165) is 0 Å². The van der Waals surface area contributed by atoms with Gasteiger partial charge in [0, 0.05) is 0 Å². The lowest BCUT2D eigenvalue weighted by Crippen LogP contribution is -2.49. The lowest BCUT2D eigenvalue weighted by atomic mass is 10.5. The predicted molar refractivity (Wildman–Crippen MR) is 37.7 cm³/mol. The van der Waals surface area contributed by atoms with Crippen LogP contribution in [0.3, 0.4) is 0 Å². The molecule has 0 radical (unpaired) electrons. The standard InChI is InChI=1S/C7H8N2O2/c10-6-8-7(11)9-4-2-1-3-5-9/h1-5,10H,6H2/p+1. The Kier molecular flexibility index (Phi) is 2.57. The first kappa shape index (κ1) is 7.68. The third-order valence-electron chi connectivity index (χ3n) is 1.18. The van der Waals surface area contributed by atoms with Gasteiger partial charge in [-0.3, -0.25) is 0 Å². The van der Waals surface area contributed by atoms with Gasteiger partial charge in [0.1, 0.15) is 0 Å². The molecule has 1 rings (SSSR count). The van der Waals surface area contributed by atoms with Crippen molar-refractivity contribution in [2.24, 2.45) is 0 Å². The lowest BCUT2D eigenvalue weighted by Gasteiger charge is -1.93. The molecule has 1 aromatic rings. The smallest absolute Gasteiger partial charge is 0.358 e. The fourth-order valence-corrected chi connectivity index (χ4v) is 0.693. The Morgan fingerprint density at radius 3 is 2.55 bits per heavy atom. The van der Waals surface area contributed by atoms with Crippen molar-refractivity contribution in [3.05, 3.63) is 30.6 Å². The van der Waals surface area contributed by atoms with E-state index in [0.29, 0.717) is 0 Å². The number of nitrogens with zero attached hydrogens (tertiary/aromatic N) is 1. The highest BCUT2D eigenvalue weighted by molar-refractivity contribution is 5.63. The maximum absolute atomic E-state index is 10.9. The number of aromatic nitrogens is 1. The van der Waals surface area contributed by atoms with Crippen molar-refractivity contribution < 1.29 is 14.5 Å². The molecule has 0 fully saturated rings. The average Bonchev–Trinajstić information content (AvgIpc) is 2.07. The molecule has 0 aliphatic rings. The molecule has 4 heteroatoms. The van der Waals surface area contributed by atoms with Crippen LogP contribution in [-0.2, 0) is 0 Å². The van der Waals surface area contributed by atoms with Crippen LogP contribution in [0.25, 0.3) is 0 Å². The molecular weight excluding hydrogens is 144 g/mol. The van der Waals surface area contributed by atoms with Crippen LogP contribution in [0.15, 0.2) is 30.6 Å². The minimum atomic E-state index is -0.347. The van der Waals surface area contributed by atoms with E-state index >= 15 is 0 Å². The number of amides is 1.